The summed E-state index contributed by atoms with van der Waals surface area (Å²) in [5, 5.41) is 3.33. The third-order valence-electron chi connectivity index (χ3n) is 2.78. The van der Waals surface area contributed by atoms with E-state index in [1.165, 1.54) is 16.8 Å². The molecule has 1 atom stereocenters. The number of nitrogens with zero attached hydrogens (tertiary/aromatic N) is 1. The summed E-state index contributed by atoms with van der Waals surface area (Å²) in [4.78, 5) is 2.31. The average Bonchev–Trinajstić information content (AvgIpc) is 2.43. The molecule has 0 amide bonds. The molecule has 1 heterocycles. The first-order chi connectivity index (χ1) is 6.22. The fraction of sp³-hybridized carbons (Fsp3) is 0.455. The first-order valence-electron chi connectivity index (χ1n) is 4.71. The first-order valence-corrected chi connectivity index (χ1v) is 4.71. The molecule has 0 saturated heterocycles. The van der Waals surface area contributed by atoms with Gasteiger partial charge < -0.3 is 10.2 Å². The molecule has 2 rings (SSSR count). The molecule has 1 N–H and O–H groups in total. The van der Waals surface area contributed by atoms with Gasteiger partial charge in [0.25, 0.3) is 0 Å². The van der Waals surface area contributed by atoms with Crippen LogP contribution in [0, 0.1) is 6.92 Å². The molecule has 0 spiro atoms. The van der Waals surface area contributed by atoms with Gasteiger partial charge in [0.15, 0.2) is 0 Å². The van der Waals surface area contributed by atoms with Crippen LogP contribution in [0.4, 0.5) is 5.69 Å². The van der Waals surface area contributed by atoms with Crippen LogP contribution in [0.3, 0.4) is 0 Å². The lowest BCUT2D eigenvalue weighted by Crippen LogP contribution is -2.22. The van der Waals surface area contributed by atoms with Crippen molar-refractivity contribution in [2.75, 3.05) is 25.5 Å². The molecule has 13 heavy (non-hydrogen) atoms. The molecule has 0 saturated carbocycles. The summed E-state index contributed by atoms with van der Waals surface area (Å²) < 4.78 is 0. The summed E-state index contributed by atoms with van der Waals surface area (Å²) in [6.45, 7) is 3.22. The van der Waals surface area contributed by atoms with E-state index in [1.54, 1.807) is 0 Å². The Balaban J connectivity index is 2.46. The normalized spacial score (nSPS) is 20.5. The van der Waals surface area contributed by atoms with Gasteiger partial charge in [-0.15, -0.1) is 0 Å². The highest BCUT2D eigenvalue weighted by atomic mass is 15.2. The van der Waals surface area contributed by atoms with Crippen LogP contribution in [0.25, 0.3) is 0 Å². The van der Waals surface area contributed by atoms with Gasteiger partial charge in [-0.1, -0.05) is 12.1 Å². The zero-order valence-corrected chi connectivity index (χ0v) is 8.46. The molecule has 70 valence electrons. The van der Waals surface area contributed by atoms with Crippen molar-refractivity contribution in [1.29, 1.82) is 0 Å². The van der Waals surface area contributed by atoms with Crippen LogP contribution in [-0.2, 0) is 0 Å². The van der Waals surface area contributed by atoms with E-state index in [0.29, 0.717) is 6.04 Å². The SMILES string of the molecule is CNC1CN(C)c2cc(C)ccc21. The Morgan fingerprint density at radius 2 is 2.23 bits per heavy atom. The number of benzene rings is 1. The lowest BCUT2D eigenvalue weighted by Gasteiger charge is -2.12. The van der Waals surface area contributed by atoms with E-state index in [1.807, 2.05) is 7.05 Å². The maximum absolute atomic E-state index is 3.33. The van der Waals surface area contributed by atoms with Crippen LogP contribution in [0.1, 0.15) is 17.2 Å². The van der Waals surface area contributed by atoms with E-state index in [2.05, 4.69) is 42.4 Å². The maximum atomic E-state index is 3.33. The van der Waals surface area contributed by atoms with E-state index in [4.69, 9.17) is 0 Å². The zero-order chi connectivity index (χ0) is 9.42. The van der Waals surface area contributed by atoms with E-state index in [9.17, 15) is 0 Å². The molecule has 2 nitrogen and oxygen atoms in total. The Bertz CT molecular complexity index is 320. The number of nitrogens with one attached hydrogen (secondary N) is 1. The molecular formula is C11H16N2. The Kier molecular flexibility index (Phi) is 2.00. The minimum atomic E-state index is 0.501. The molecule has 1 aliphatic heterocycles. The van der Waals surface area contributed by atoms with Gasteiger partial charge in [0, 0.05) is 19.3 Å². The zero-order valence-electron chi connectivity index (χ0n) is 8.46. The van der Waals surface area contributed by atoms with E-state index in [0.717, 1.165) is 6.54 Å². The fourth-order valence-corrected chi connectivity index (χ4v) is 2.00. The molecule has 2 heteroatoms. The Morgan fingerprint density at radius 1 is 1.46 bits per heavy atom. The van der Waals surface area contributed by atoms with Gasteiger partial charge in [-0.3, -0.25) is 0 Å². The molecular weight excluding hydrogens is 160 g/mol. The topological polar surface area (TPSA) is 15.3 Å². The van der Waals surface area contributed by atoms with Crippen molar-refractivity contribution in [2.24, 2.45) is 0 Å². The van der Waals surface area contributed by atoms with E-state index in [-0.39, 0.29) is 0 Å². The quantitative estimate of drug-likeness (QED) is 0.700. The highest BCUT2D eigenvalue weighted by Crippen LogP contribution is 2.33. The largest absolute Gasteiger partial charge is 0.372 e. The minimum Gasteiger partial charge on any atom is -0.372 e. The highest BCUT2D eigenvalue weighted by Gasteiger charge is 2.24. The van der Waals surface area contributed by atoms with E-state index >= 15 is 0 Å². The molecule has 1 aliphatic rings. The standard InChI is InChI=1S/C11H16N2/c1-8-4-5-9-10(12-2)7-13(3)11(9)6-8/h4-6,10,12H,7H2,1-3H3. The van der Waals surface area contributed by atoms with Gasteiger partial charge in [0.2, 0.25) is 0 Å². The van der Waals surface area contributed by atoms with Crippen LogP contribution in [0.2, 0.25) is 0 Å². The molecule has 0 radical (unpaired) electrons. The molecule has 0 fully saturated rings. The Morgan fingerprint density at radius 3 is 2.92 bits per heavy atom. The van der Waals surface area contributed by atoms with Crippen molar-refractivity contribution in [2.45, 2.75) is 13.0 Å². The number of hydrogen-bond donors (Lipinski definition) is 1. The third-order valence-corrected chi connectivity index (χ3v) is 2.78. The number of hydrogen-bond acceptors (Lipinski definition) is 2. The van der Waals surface area contributed by atoms with Gasteiger partial charge in [0.1, 0.15) is 0 Å². The van der Waals surface area contributed by atoms with Crippen molar-refractivity contribution in [3.05, 3.63) is 29.3 Å². The van der Waals surface area contributed by atoms with Crippen LogP contribution in [-0.4, -0.2) is 20.6 Å². The highest BCUT2D eigenvalue weighted by molar-refractivity contribution is 5.60. The van der Waals surface area contributed by atoms with E-state index < -0.39 is 0 Å². The summed E-state index contributed by atoms with van der Waals surface area (Å²) in [6, 6.07) is 7.17. The second-order valence-electron chi connectivity index (χ2n) is 3.78. The molecule has 1 aromatic rings. The second-order valence-corrected chi connectivity index (χ2v) is 3.78. The molecule has 1 aromatic carbocycles. The predicted octanol–water partition coefficient (Wildman–Crippen LogP) is 1.71. The van der Waals surface area contributed by atoms with Gasteiger partial charge in [-0.05, 0) is 31.2 Å². The monoisotopic (exact) mass is 176 g/mol. The Labute approximate surface area is 79.6 Å². The second kappa shape index (κ2) is 3.04. The van der Waals surface area contributed by atoms with Crippen molar-refractivity contribution >= 4 is 5.69 Å². The first kappa shape index (κ1) is 8.57. The molecule has 0 aromatic heterocycles. The fourth-order valence-electron chi connectivity index (χ4n) is 2.00. The van der Waals surface area contributed by atoms with Crippen LogP contribution in [0.5, 0.6) is 0 Å². The Hall–Kier alpha value is -1.02. The maximum Gasteiger partial charge on any atom is 0.0516 e. The lowest BCUT2D eigenvalue weighted by molar-refractivity contribution is 0.626. The number of likely N-dealkylation sites (N-methyl/N-ethyl adjacent to an activating group) is 2. The summed E-state index contributed by atoms with van der Waals surface area (Å²) in [7, 11) is 4.17. The number of rotatable bonds is 1. The molecule has 1 unspecified atom stereocenters. The van der Waals surface area contributed by atoms with Crippen molar-refractivity contribution in [1.82, 2.24) is 5.32 Å². The van der Waals surface area contributed by atoms with Gasteiger partial charge >= 0.3 is 0 Å². The molecule has 0 bridgehead atoms. The summed E-state index contributed by atoms with van der Waals surface area (Å²) in [6.07, 6.45) is 0. The number of anilines is 1. The van der Waals surface area contributed by atoms with Crippen LogP contribution in [0.15, 0.2) is 18.2 Å². The van der Waals surface area contributed by atoms with Crippen LogP contribution >= 0.6 is 0 Å². The average molecular weight is 176 g/mol. The van der Waals surface area contributed by atoms with Crippen molar-refractivity contribution in [3.63, 3.8) is 0 Å². The van der Waals surface area contributed by atoms with Gasteiger partial charge in [-0.2, -0.15) is 0 Å². The van der Waals surface area contributed by atoms with Crippen molar-refractivity contribution in [3.8, 4) is 0 Å². The number of aryl methyl sites for hydroxylation is 1. The molecule has 0 aliphatic carbocycles. The van der Waals surface area contributed by atoms with Crippen LogP contribution < -0.4 is 10.2 Å². The summed E-state index contributed by atoms with van der Waals surface area (Å²) >= 11 is 0. The third kappa shape index (κ3) is 1.31. The lowest BCUT2D eigenvalue weighted by atomic mass is 10.1. The summed E-state index contributed by atoms with van der Waals surface area (Å²) in [5.41, 5.74) is 4.14. The predicted molar refractivity (Wildman–Crippen MR) is 56.2 cm³/mol. The smallest absolute Gasteiger partial charge is 0.0516 e. The van der Waals surface area contributed by atoms with Gasteiger partial charge in [0.05, 0.1) is 6.04 Å². The summed E-state index contributed by atoms with van der Waals surface area (Å²) in [5.74, 6) is 0. The number of fused-ring (bicyclic) bond motifs is 1. The van der Waals surface area contributed by atoms with Crippen molar-refractivity contribution < 1.29 is 0 Å². The van der Waals surface area contributed by atoms with Gasteiger partial charge in [-0.25, -0.2) is 0 Å². The minimum absolute atomic E-state index is 0.501.